The summed E-state index contributed by atoms with van der Waals surface area (Å²) < 4.78 is 1.64. The van der Waals surface area contributed by atoms with Crippen molar-refractivity contribution in [2.24, 2.45) is 0 Å². The lowest BCUT2D eigenvalue weighted by Gasteiger charge is -2.11. The van der Waals surface area contributed by atoms with E-state index < -0.39 is 11.4 Å². The Bertz CT molecular complexity index is 707. The number of halogens is 2. The molecule has 0 saturated heterocycles. The maximum Gasteiger partial charge on any atom is 0.341 e. The van der Waals surface area contributed by atoms with Crippen LogP contribution in [0.5, 0.6) is 0 Å². The first-order valence-corrected chi connectivity index (χ1v) is 5.96. The molecule has 0 saturated carbocycles. The van der Waals surface area contributed by atoms with Crippen LogP contribution in [0.15, 0.2) is 23.1 Å². The fourth-order valence-corrected chi connectivity index (χ4v) is 2.41. The average molecular weight is 286 g/mol. The molecule has 6 heteroatoms. The van der Waals surface area contributed by atoms with Gasteiger partial charge in [-0.1, -0.05) is 23.2 Å². The van der Waals surface area contributed by atoms with Gasteiger partial charge >= 0.3 is 5.97 Å². The van der Waals surface area contributed by atoms with Crippen molar-refractivity contribution in [1.82, 2.24) is 4.57 Å². The maximum atomic E-state index is 12.0. The molecule has 0 amide bonds. The SMILES string of the molecule is CCn1cc(C(=O)O)c(=O)c2c(Cl)cc(Cl)cc21. The molecule has 0 spiro atoms. The molecule has 1 aromatic heterocycles. The smallest absolute Gasteiger partial charge is 0.341 e. The molecule has 1 aromatic carbocycles. The predicted octanol–water partition coefficient (Wildman–Crippen LogP) is 3.03. The van der Waals surface area contributed by atoms with E-state index in [1.807, 2.05) is 6.92 Å². The first-order valence-electron chi connectivity index (χ1n) is 5.21. The number of hydrogen-bond acceptors (Lipinski definition) is 2. The summed E-state index contributed by atoms with van der Waals surface area (Å²) in [4.78, 5) is 23.1. The first-order chi connectivity index (χ1) is 8.45. The van der Waals surface area contributed by atoms with Crippen molar-refractivity contribution in [1.29, 1.82) is 0 Å². The van der Waals surface area contributed by atoms with E-state index >= 15 is 0 Å². The third-order valence-corrected chi connectivity index (χ3v) is 3.19. The fraction of sp³-hybridized carbons (Fsp3) is 0.167. The highest BCUT2D eigenvalue weighted by Crippen LogP contribution is 2.26. The Kier molecular flexibility index (Phi) is 3.32. The van der Waals surface area contributed by atoms with Crippen LogP contribution in [0.4, 0.5) is 0 Å². The number of pyridine rings is 1. The van der Waals surface area contributed by atoms with E-state index in [9.17, 15) is 9.59 Å². The first kappa shape index (κ1) is 12.9. The van der Waals surface area contributed by atoms with Crippen molar-refractivity contribution in [2.75, 3.05) is 0 Å². The molecule has 0 unspecified atom stereocenters. The quantitative estimate of drug-likeness (QED) is 0.923. The Balaban J connectivity index is 3.04. The highest BCUT2D eigenvalue weighted by Gasteiger charge is 2.16. The molecule has 4 nitrogen and oxygen atoms in total. The Morgan fingerprint density at radius 2 is 2.06 bits per heavy atom. The van der Waals surface area contributed by atoms with Gasteiger partial charge in [0.05, 0.1) is 15.9 Å². The zero-order valence-corrected chi connectivity index (χ0v) is 10.9. The van der Waals surface area contributed by atoms with E-state index in [-0.39, 0.29) is 16.0 Å². The Morgan fingerprint density at radius 1 is 1.39 bits per heavy atom. The number of carboxylic acids is 1. The van der Waals surface area contributed by atoms with Crippen molar-refractivity contribution in [3.63, 3.8) is 0 Å². The topological polar surface area (TPSA) is 59.3 Å². The summed E-state index contributed by atoms with van der Waals surface area (Å²) in [5, 5.41) is 9.75. The van der Waals surface area contributed by atoms with Crippen LogP contribution >= 0.6 is 23.2 Å². The number of benzene rings is 1. The molecule has 0 aliphatic rings. The summed E-state index contributed by atoms with van der Waals surface area (Å²) in [5.74, 6) is -1.27. The van der Waals surface area contributed by atoms with Crippen LogP contribution in [0.2, 0.25) is 10.0 Å². The summed E-state index contributed by atoms with van der Waals surface area (Å²) >= 11 is 11.9. The lowest BCUT2D eigenvalue weighted by Crippen LogP contribution is -2.19. The van der Waals surface area contributed by atoms with Gasteiger partial charge in [0.1, 0.15) is 5.56 Å². The molecular formula is C12H9Cl2NO3. The zero-order valence-electron chi connectivity index (χ0n) is 9.41. The fourth-order valence-electron chi connectivity index (χ4n) is 1.84. The van der Waals surface area contributed by atoms with Crippen LogP contribution < -0.4 is 5.43 Å². The lowest BCUT2D eigenvalue weighted by atomic mass is 10.1. The van der Waals surface area contributed by atoms with E-state index in [4.69, 9.17) is 28.3 Å². The van der Waals surface area contributed by atoms with Crippen molar-refractivity contribution in [2.45, 2.75) is 13.5 Å². The van der Waals surface area contributed by atoms with E-state index in [0.29, 0.717) is 17.1 Å². The van der Waals surface area contributed by atoms with Crippen molar-refractivity contribution >= 4 is 40.1 Å². The molecule has 0 bridgehead atoms. The number of aromatic nitrogens is 1. The van der Waals surface area contributed by atoms with Gasteiger partial charge < -0.3 is 9.67 Å². The number of carbonyl (C=O) groups is 1. The van der Waals surface area contributed by atoms with Gasteiger partial charge in [-0.3, -0.25) is 4.79 Å². The summed E-state index contributed by atoms with van der Waals surface area (Å²) in [5.41, 5.74) is -0.359. The molecule has 0 fully saturated rings. The normalized spacial score (nSPS) is 10.8. The van der Waals surface area contributed by atoms with Crippen molar-refractivity contribution < 1.29 is 9.90 Å². The zero-order chi connectivity index (χ0) is 13.4. The lowest BCUT2D eigenvalue weighted by molar-refractivity contribution is 0.0695. The summed E-state index contributed by atoms with van der Waals surface area (Å²) in [6.07, 6.45) is 1.31. The molecule has 2 aromatic rings. The predicted molar refractivity (Wildman–Crippen MR) is 70.9 cm³/mol. The monoisotopic (exact) mass is 285 g/mol. The maximum absolute atomic E-state index is 12.0. The Morgan fingerprint density at radius 3 is 2.61 bits per heavy atom. The number of rotatable bonds is 2. The third-order valence-electron chi connectivity index (χ3n) is 2.67. The average Bonchev–Trinajstić information content (AvgIpc) is 2.27. The minimum Gasteiger partial charge on any atom is -0.477 e. The van der Waals surface area contributed by atoms with Crippen LogP contribution in [0.3, 0.4) is 0 Å². The molecule has 2 rings (SSSR count). The molecule has 94 valence electrons. The molecule has 0 aliphatic carbocycles. The van der Waals surface area contributed by atoms with Crippen LogP contribution in [0, 0.1) is 0 Å². The number of hydrogen-bond donors (Lipinski definition) is 1. The summed E-state index contributed by atoms with van der Waals surface area (Å²) in [6, 6.07) is 3.03. The molecule has 18 heavy (non-hydrogen) atoms. The van der Waals surface area contributed by atoms with Gasteiger partial charge in [-0.15, -0.1) is 0 Å². The van der Waals surface area contributed by atoms with E-state index in [2.05, 4.69) is 0 Å². The van der Waals surface area contributed by atoms with E-state index in [0.717, 1.165) is 0 Å². The number of fused-ring (bicyclic) bond motifs is 1. The second-order valence-corrected chi connectivity index (χ2v) is 4.59. The van der Waals surface area contributed by atoms with Gasteiger partial charge in [0.2, 0.25) is 5.43 Å². The second-order valence-electron chi connectivity index (χ2n) is 3.74. The van der Waals surface area contributed by atoms with Crippen LogP contribution in [-0.4, -0.2) is 15.6 Å². The summed E-state index contributed by atoms with van der Waals surface area (Å²) in [7, 11) is 0. The van der Waals surface area contributed by atoms with Gasteiger partial charge in [0, 0.05) is 17.8 Å². The molecular weight excluding hydrogens is 277 g/mol. The molecule has 1 heterocycles. The Labute approximate surface area is 112 Å². The molecule has 0 atom stereocenters. The van der Waals surface area contributed by atoms with Crippen molar-refractivity contribution in [3.05, 3.63) is 44.2 Å². The molecule has 0 aliphatic heterocycles. The van der Waals surface area contributed by atoms with Crippen LogP contribution in [0.25, 0.3) is 10.9 Å². The largest absolute Gasteiger partial charge is 0.477 e. The highest BCUT2D eigenvalue weighted by molar-refractivity contribution is 6.38. The number of aromatic carboxylic acids is 1. The Hall–Kier alpha value is -1.52. The minimum atomic E-state index is -1.27. The number of nitrogens with zero attached hydrogens (tertiary/aromatic N) is 1. The van der Waals surface area contributed by atoms with Crippen LogP contribution in [0.1, 0.15) is 17.3 Å². The molecule has 0 radical (unpaired) electrons. The summed E-state index contributed by atoms with van der Waals surface area (Å²) in [6.45, 7) is 2.35. The van der Waals surface area contributed by atoms with Gasteiger partial charge in [0.15, 0.2) is 0 Å². The standard InChI is InChI=1S/C12H9Cl2NO3/c1-2-15-5-7(12(17)18)11(16)10-8(14)3-6(13)4-9(10)15/h3-5H,2H2,1H3,(H,17,18). The number of aryl methyl sites for hydroxylation is 1. The van der Waals surface area contributed by atoms with E-state index in [1.54, 1.807) is 10.6 Å². The third kappa shape index (κ3) is 1.98. The highest BCUT2D eigenvalue weighted by atomic mass is 35.5. The van der Waals surface area contributed by atoms with Crippen molar-refractivity contribution in [3.8, 4) is 0 Å². The van der Waals surface area contributed by atoms with Gasteiger partial charge in [-0.2, -0.15) is 0 Å². The number of carboxylic acid groups (broad SMARTS) is 1. The second kappa shape index (κ2) is 4.63. The molecule has 1 N–H and O–H groups in total. The van der Waals surface area contributed by atoms with Crippen LogP contribution in [-0.2, 0) is 6.54 Å². The van der Waals surface area contributed by atoms with E-state index in [1.165, 1.54) is 12.3 Å². The van der Waals surface area contributed by atoms with Gasteiger partial charge in [0.25, 0.3) is 0 Å². The minimum absolute atomic E-state index is 0.160. The van der Waals surface area contributed by atoms with Gasteiger partial charge in [-0.25, -0.2) is 4.79 Å². The van der Waals surface area contributed by atoms with Gasteiger partial charge in [-0.05, 0) is 19.1 Å².